The molecule has 420 valence electrons. The van der Waals surface area contributed by atoms with Gasteiger partial charge in [0, 0.05) is 43.0 Å². The van der Waals surface area contributed by atoms with E-state index in [2.05, 4.69) is 36.3 Å². The molecule has 1 aliphatic carbocycles. The second-order valence-corrected chi connectivity index (χ2v) is 22.2. The third-order valence-corrected chi connectivity index (χ3v) is 15.7. The van der Waals surface area contributed by atoms with Crippen molar-refractivity contribution in [2.45, 2.75) is 109 Å². The highest BCUT2D eigenvalue weighted by Gasteiger charge is 2.38. The Morgan fingerprint density at radius 1 is 0.812 bits per heavy atom. The molecule has 7 N–H and O–H groups in total. The van der Waals surface area contributed by atoms with Crippen LogP contribution in [0.4, 0.5) is 15.5 Å². The molecule has 0 radical (unpaired) electrons. The van der Waals surface area contributed by atoms with E-state index in [-0.39, 0.29) is 54.9 Å². The lowest BCUT2D eigenvalue weighted by atomic mass is 9.94. The fourth-order valence-electron chi connectivity index (χ4n) is 9.94. The highest BCUT2D eigenvalue weighted by molar-refractivity contribution is 7.90. The number of guanidine groups is 1. The number of hydrogen-bond donors (Lipinski definition) is 6. The molecule has 6 aromatic rings. The summed E-state index contributed by atoms with van der Waals surface area (Å²) in [4.78, 5) is 72.8. The van der Waals surface area contributed by atoms with E-state index in [1.807, 2.05) is 87.5 Å². The quantitative estimate of drug-likeness (QED) is 0.0156. The number of methoxy groups -OCH3 is 1. The summed E-state index contributed by atoms with van der Waals surface area (Å²) < 4.78 is 59.4. The highest BCUT2D eigenvalue weighted by Crippen LogP contribution is 2.45. The van der Waals surface area contributed by atoms with E-state index in [9.17, 15) is 32.4 Å². The molecule has 0 spiro atoms. The predicted octanol–water partition coefficient (Wildman–Crippen LogP) is 6.52. The number of benzene rings is 5. The number of nitrogens with one attached hydrogen (secondary N) is 5. The summed E-state index contributed by atoms with van der Waals surface area (Å²) in [5, 5.41) is 14.5. The van der Waals surface area contributed by atoms with Gasteiger partial charge in [0.2, 0.25) is 28.7 Å². The van der Waals surface area contributed by atoms with Crippen molar-refractivity contribution >= 4 is 51.8 Å². The van der Waals surface area contributed by atoms with Crippen molar-refractivity contribution in [3.8, 4) is 28.3 Å². The number of nitrogens with two attached hydrogens (primary N) is 1. The zero-order chi connectivity index (χ0) is 57.5. The lowest BCUT2D eigenvalue weighted by Gasteiger charge is -2.26. The standard InChI is InChI=1S/C58H65N9O12S/c1-33(2)49(54(70)75-8)64-53(69)47(29-37-24-26-39(27-25-37)77-57(72)63-48-31-67(66-79-48)38-17-10-9-11-18-38)61-52(68)46(62-56(71)76-32-45-42-21-14-12-19-40(42)41-20-13-15-22-43(41)45)23-16-28-60-55(59)65-80(73,74)51-35(4)34(3)50-44(36(51)5)30-58(6,7)78-50/h9-15,17-22,24-27,31,33,45-47,49H,16,23,28-30,32H2,1-8H3,(H6-,59,60,61,62,63,64,65,66,68,69,71,72)/p+1/t46-,47-,49-/m0/s1. The summed E-state index contributed by atoms with van der Waals surface area (Å²) in [5.41, 5.74) is 13.5. The van der Waals surface area contributed by atoms with Crippen LogP contribution in [0.5, 0.6) is 11.5 Å². The number of aromatic nitrogens is 2. The third kappa shape index (κ3) is 13.4. The Morgan fingerprint density at radius 3 is 2.10 bits per heavy atom. The van der Waals surface area contributed by atoms with E-state index in [0.717, 1.165) is 27.8 Å². The number of anilines is 1. The van der Waals surface area contributed by atoms with Crippen molar-refractivity contribution in [1.29, 1.82) is 0 Å². The molecule has 0 fully saturated rings. The number of fused-ring (bicyclic) bond motifs is 4. The van der Waals surface area contributed by atoms with Crippen LogP contribution in [-0.2, 0) is 46.7 Å². The second-order valence-electron chi connectivity index (χ2n) is 20.6. The molecule has 5 aromatic carbocycles. The largest absolute Gasteiger partial charge is 0.487 e. The van der Waals surface area contributed by atoms with Crippen LogP contribution in [0, 0.1) is 26.7 Å². The Hall–Kier alpha value is -8.79. The van der Waals surface area contributed by atoms with Gasteiger partial charge in [-0.15, -0.1) is 0 Å². The Kier molecular flexibility index (Phi) is 17.6. The third-order valence-electron chi connectivity index (χ3n) is 14.0. The molecule has 21 nitrogen and oxygen atoms in total. The van der Waals surface area contributed by atoms with Crippen LogP contribution in [0.25, 0.3) is 16.8 Å². The number of amides is 4. The highest BCUT2D eigenvalue weighted by atomic mass is 32.2. The normalized spacial score (nSPS) is 14.5. The monoisotopic (exact) mass is 1110 g/mol. The number of esters is 1. The number of alkyl carbamates (subject to hydrolysis) is 1. The number of carbonyl (C=O) groups excluding carboxylic acids is 5. The summed E-state index contributed by atoms with van der Waals surface area (Å²) >= 11 is 0. The molecule has 0 saturated carbocycles. The minimum Gasteiger partial charge on any atom is -0.487 e. The van der Waals surface area contributed by atoms with Crippen molar-refractivity contribution in [2.75, 3.05) is 25.6 Å². The Balaban J connectivity index is 0.987. The lowest BCUT2D eigenvalue weighted by Crippen LogP contribution is -2.57. The van der Waals surface area contributed by atoms with Gasteiger partial charge in [0.05, 0.1) is 12.0 Å². The van der Waals surface area contributed by atoms with Gasteiger partial charge in [0.15, 0.2) is 0 Å². The molecule has 0 saturated heterocycles. The summed E-state index contributed by atoms with van der Waals surface area (Å²) in [6, 6.07) is 27.1. The zero-order valence-corrected chi connectivity index (χ0v) is 46.6. The molecule has 4 amide bonds. The van der Waals surface area contributed by atoms with E-state index >= 15 is 0 Å². The summed E-state index contributed by atoms with van der Waals surface area (Å²) in [6.07, 6.45) is 0.0488. The molecule has 1 aliphatic heterocycles. The van der Waals surface area contributed by atoms with E-state index in [1.165, 1.54) is 30.1 Å². The topological polar surface area (TPSA) is 285 Å². The van der Waals surface area contributed by atoms with Gasteiger partial charge in [-0.2, -0.15) is 0 Å². The Bertz CT molecular complexity index is 3390. The number of hydrogen-bond acceptors (Lipinski definition) is 14. The molecule has 2 aliphatic rings. The maximum absolute atomic E-state index is 14.6. The van der Waals surface area contributed by atoms with Crippen LogP contribution in [0.3, 0.4) is 0 Å². The number of ether oxygens (including phenoxy) is 4. The first-order chi connectivity index (χ1) is 38.1. The fourth-order valence-corrected chi connectivity index (χ4v) is 11.5. The van der Waals surface area contributed by atoms with Gasteiger partial charge in [-0.25, -0.2) is 27.5 Å². The van der Waals surface area contributed by atoms with E-state index in [1.54, 1.807) is 52.0 Å². The lowest BCUT2D eigenvalue weighted by molar-refractivity contribution is -0.670. The van der Waals surface area contributed by atoms with Crippen molar-refractivity contribution in [3.05, 3.63) is 148 Å². The van der Waals surface area contributed by atoms with Crippen molar-refractivity contribution in [1.82, 2.24) is 25.9 Å². The van der Waals surface area contributed by atoms with Gasteiger partial charge in [0.1, 0.15) is 41.8 Å². The van der Waals surface area contributed by atoms with Gasteiger partial charge in [-0.3, -0.25) is 24.4 Å². The van der Waals surface area contributed by atoms with Crippen molar-refractivity contribution in [2.24, 2.45) is 16.6 Å². The molecule has 22 heteroatoms. The summed E-state index contributed by atoms with van der Waals surface area (Å²) in [5.74, 6) is -2.53. The average Bonchev–Trinajstić information content (AvgIpc) is 4.14. The first-order valence-corrected chi connectivity index (χ1v) is 27.6. The van der Waals surface area contributed by atoms with E-state index < -0.39 is 75.6 Å². The van der Waals surface area contributed by atoms with Gasteiger partial charge in [-0.1, -0.05) is 92.7 Å². The minimum absolute atomic E-state index is 0.0181. The molecule has 8 rings (SSSR count). The summed E-state index contributed by atoms with van der Waals surface area (Å²) in [6.45, 7) is 12.4. The fraction of sp³-hybridized carbons (Fsp3) is 0.345. The Labute approximate surface area is 464 Å². The summed E-state index contributed by atoms with van der Waals surface area (Å²) in [7, 11) is -3.04. The van der Waals surface area contributed by atoms with Crippen molar-refractivity contribution < 1.29 is 60.5 Å². The zero-order valence-electron chi connectivity index (χ0n) is 45.7. The van der Waals surface area contributed by atoms with Crippen LogP contribution in [-0.4, -0.2) is 93.6 Å². The van der Waals surface area contributed by atoms with Gasteiger partial charge in [0.25, 0.3) is 16.2 Å². The first kappa shape index (κ1) is 57.4. The number of para-hydroxylation sites is 1. The molecule has 1 aromatic heterocycles. The minimum atomic E-state index is -4.23. The number of rotatable bonds is 20. The maximum Gasteiger partial charge on any atom is 0.419 e. The van der Waals surface area contributed by atoms with Crippen LogP contribution in [0.1, 0.15) is 85.4 Å². The molecule has 0 unspecified atom stereocenters. The van der Waals surface area contributed by atoms with Crippen LogP contribution >= 0.6 is 0 Å². The smallest absolute Gasteiger partial charge is 0.419 e. The number of sulfonamides is 1. The molecule has 3 atom stereocenters. The number of carbonyl (C=O) groups is 5. The molecular formula is C58H66N9O12S+. The van der Waals surface area contributed by atoms with Gasteiger partial charge in [-0.05, 0) is 115 Å². The Morgan fingerprint density at radius 2 is 1.45 bits per heavy atom. The molecule has 2 heterocycles. The van der Waals surface area contributed by atoms with Crippen molar-refractivity contribution in [3.63, 3.8) is 0 Å². The van der Waals surface area contributed by atoms with Gasteiger partial charge < -0.3 is 40.6 Å². The molecule has 80 heavy (non-hydrogen) atoms. The second kappa shape index (κ2) is 24.5. The molecular weight excluding hydrogens is 1050 g/mol. The van der Waals surface area contributed by atoms with E-state index in [4.69, 9.17) is 29.2 Å². The maximum atomic E-state index is 14.6. The first-order valence-electron chi connectivity index (χ1n) is 26.1. The van der Waals surface area contributed by atoms with Gasteiger partial charge >= 0.3 is 24.0 Å². The SMILES string of the molecule is COC(=O)[C@@H](NC(=O)[C@H](Cc1ccc(OC(=O)Nc2c[n+](-c3ccccc3)no2)cc1)NC(=O)[C@H](CCCN=C(N)NS(=O)(=O)c1c(C)c(C)c2c(c1C)CC(C)(C)O2)NC(=O)OCC1c2ccccc2-c2ccccc21)C(C)C. The van der Waals surface area contributed by atoms with Crippen LogP contribution < -0.4 is 45.9 Å². The van der Waals surface area contributed by atoms with Crippen LogP contribution in [0.15, 0.2) is 124 Å². The average molecular weight is 1110 g/mol. The van der Waals surface area contributed by atoms with Crippen LogP contribution in [0.2, 0.25) is 0 Å². The number of aliphatic imine (C=N–C) groups is 1. The predicted molar refractivity (Wildman–Crippen MR) is 296 cm³/mol. The molecule has 0 bridgehead atoms. The number of nitrogens with zero attached hydrogens (tertiary/aromatic N) is 3. The van der Waals surface area contributed by atoms with E-state index in [0.29, 0.717) is 40.1 Å².